The third kappa shape index (κ3) is 2.34. The molecule has 0 amide bonds. The van der Waals surface area contributed by atoms with Gasteiger partial charge in [-0.15, -0.1) is 0 Å². The van der Waals surface area contributed by atoms with E-state index in [2.05, 4.69) is 13.8 Å². The topological polar surface area (TPSA) is 56.1 Å². The van der Waals surface area contributed by atoms with Crippen LogP contribution in [0.4, 0.5) is 0 Å². The molecule has 1 aliphatic rings. The first kappa shape index (κ1) is 17.0. The van der Waals surface area contributed by atoms with E-state index in [1.165, 1.54) is 3.97 Å². The molecule has 0 fully saturated rings. The maximum Gasteiger partial charge on any atom is 0.268 e. The van der Waals surface area contributed by atoms with Crippen molar-refractivity contribution in [2.45, 2.75) is 45.4 Å². The number of rotatable bonds is 3. The van der Waals surface area contributed by atoms with Crippen molar-refractivity contribution in [2.75, 3.05) is 0 Å². The molecule has 3 rings (SSSR count). The Kier molecular flexibility index (Phi) is 3.95. The number of Topliss-reactive ketones (excluding diaryl/α,β-unsaturated/α-hetero) is 1. The summed E-state index contributed by atoms with van der Waals surface area (Å²) < 4.78 is 27.5. The number of benzene rings is 1. The molecule has 0 aliphatic heterocycles. The second-order valence-electron chi connectivity index (χ2n) is 7.09. The molecule has 0 radical (unpaired) electrons. The predicted octanol–water partition coefficient (Wildman–Crippen LogP) is 3.91. The molecule has 24 heavy (non-hydrogen) atoms. The van der Waals surface area contributed by atoms with Gasteiger partial charge in [0, 0.05) is 11.6 Å². The molecule has 2 unspecified atom stereocenters. The molecule has 1 heterocycles. The Balaban J connectivity index is 2.23. The van der Waals surface area contributed by atoms with Gasteiger partial charge in [0.15, 0.2) is 5.78 Å². The van der Waals surface area contributed by atoms with Crippen LogP contribution in [0.3, 0.4) is 0 Å². The molecule has 5 heteroatoms. The number of hydrogen-bond acceptors (Lipinski definition) is 3. The van der Waals surface area contributed by atoms with Gasteiger partial charge in [-0.3, -0.25) is 4.79 Å². The van der Waals surface area contributed by atoms with Crippen molar-refractivity contribution in [1.82, 2.24) is 3.97 Å². The van der Waals surface area contributed by atoms with E-state index in [1.54, 1.807) is 31.2 Å². The highest BCUT2D eigenvalue weighted by molar-refractivity contribution is 7.90. The van der Waals surface area contributed by atoms with Crippen LogP contribution in [0.1, 0.15) is 54.0 Å². The zero-order valence-electron chi connectivity index (χ0n) is 14.7. The van der Waals surface area contributed by atoms with Gasteiger partial charge in [0.05, 0.1) is 4.90 Å². The van der Waals surface area contributed by atoms with Crippen LogP contribution in [0, 0.1) is 25.7 Å². The molecule has 2 atom stereocenters. The lowest BCUT2D eigenvalue weighted by atomic mass is 9.84. The van der Waals surface area contributed by atoms with E-state index in [1.807, 2.05) is 19.9 Å². The van der Waals surface area contributed by atoms with Gasteiger partial charge in [0.1, 0.15) is 5.69 Å². The van der Waals surface area contributed by atoms with Gasteiger partial charge in [0.2, 0.25) is 0 Å². The van der Waals surface area contributed by atoms with E-state index < -0.39 is 10.0 Å². The zero-order valence-corrected chi connectivity index (χ0v) is 15.5. The minimum Gasteiger partial charge on any atom is -0.292 e. The number of carbonyl (C=O) groups excluding carboxylic acids is 1. The fraction of sp³-hybridized carbons (Fsp3) is 0.421. The molecule has 0 bridgehead atoms. The Hall–Kier alpha value is -1.88. The van der Waals surface area contributed by atoms with Crippen LogP contribution >= 0.6 is 0 Å². The van der Waals surface area contributed by atoms with Crippen molar-refractivity contribution >= 4 is 15.8 Å². The molecule has 4 nitrogen and oxygen atoms in total. The SMILES string of the molecule is Cc1ccc(S(=O)(=O)n2c(C)cc3c2C(=O)C(C)C3C(C)C)cc1. The fourth-order valence-corrected chi connectivity index (χ4v) is 5.41. The summed E-state index contributed by atoms with van der Waals surface area (Å²) in [5.41, 5.74) is 2.80. The number of nitrogens with zero attached hydrogens (tertiary/aromatic N) is 1. The Bertz CT molecular complexity index is 905. The van der Waals surface area contributed by atoms with Gasteiger partial charge in [-0.25, -0.2) is 12.4 Å². The first-order valence-electron chi connectivity index (χ1n) is 8.25. The van der Waals surface area contributed by atoms with E-state index in [9.17, 15) is 13.2 Å². The van der Waals surface area contributed by atoms with E-state index >= 15 is 0 Å². The third-order valence-electron chi connectivity index (χ3n) is 4.98. The van der Waals surface area contributed by atoms with Gasteiger partial charge < -0.3 is 0 Å². The summed E-state index contributed by atoms with van der Waals surface area (Å²) in [6, 6.07) is 8.60. The van der Waals surface area contributed by atoms with Gasteiger partial charge in [-0.2, -0.15) is 0 Å². The van der Waals surface area contributed by atoms with E-state index in [0.717, 1.165) is 11.1 Å². The first-order chi connectivity index (χ1) is 11.2. The molecule has 2 aromatic rings. The van der Waals surface area contributed by atoms with Crippen LogP contribution in [0.15, 0.2) is 35.2 Å². The number of fused-ring (bicyclic) bond motifs is 1. The van der Waals surface area contributed by atoms with Crippen LogP contribution < -0.4 is 0 Å². The van der Waals surface area contributed by atoms with Crippen molar-refractivity contribution in [2.24, 2.45) is 11.8 Å². The second-order valence-corrected chi connectivity index (χ2v) is 8.88. The average Bonchev–Trinajstić information content (AvgIpc) is 2.94. The summed E-state index contributed by atoms with van der Waals surface area (Å²) in [5.74, 6) is 0.0887. The largest absolute Gasteiger partial charge is 0.292 e. The summed E-state index contributed by atoms with van der Waals surface area (Å²) in [7, 11) is -3.78. The standard InChI is InChI=1S/C19H23NO3S/c1-11(2)17-14(5)19(21)18-16(17)10-13(4)20(18)24(22,23)15-8-6-12(3)7-9-15/h6-11,14,17H,1-5H3. The average molecular weight is 345 g/mol. The number of ketones is 1. The molecule has 1 aliphatic carbocycles. The minimum atomic E-state index is -3.78. The van der Waals surface area contributed by atoms with Crippen molar-refractivity contribution < 1.29 is 13.2 Å². The van der Waals surface area contributed by atoms with Crippen molar-refractivity contribution in [3.63, 3.8) is 0 Å². The highest BCUT2D eigenvalue weighted by Gasteiger charge is 2.43. The molecule has 128 valence electrons. The number of aryl methyl sites for hydroxylation is 2. The fourth-order valence-electron chi connectivity index (χ4n) is 3.85. The normalized spacial score (nSPS) is 20.7. The monoisotopic (exact) mass is 345 g/mol. The summed E-state index contributed by atoms with van der Waals surface area (Å²) in [6.07, 6.45) is 0. The third-order valence-corrected chi connectivity index (χ3v) is 6.80. The van der Waals surface area contributed by atoms with Gasteiger partial charge in [0.25, 0.3) is 10.0 Å². The van der Waals surface area contributed by atoms with Crippen LogP contribution in [0.5, 0.6) is 0 Å². The van der Waals surface area contributed by atoms with Gasteiger partial charge >= 0.3 is 0 Å². The molecule has 0 N–H and O–H groups in total. The summed E-state index contributed by atoms with van der Waals surface area (Å²) >= 11 is 0. The highest BCUT2D eigenvalue weighted by Crippen LogP contribution is 2.44. The maximum atomic E-state index is 13.1. The van der Waals surface area contributed by atoms with Crippen LogP contribution in [-0.2, 0) is 10.0 Å². The molecular formula is C19H23NO3S. The molecule has 0 spiro atoms. The Morgan fingerprint density at radius 3 is 2.21 bits per heavy atom. The molecule has 0 saturated heterocycles. The van der Waals surface area contributed by atoms with E-state index in [-0.39, 0.29) is 28.4 Å². The smallest absolute Gasteiger partial charge is 0.268 e. The van der Waals surface area contributed by atoms with Gasteiger partial charge in [-0.05, 0) is 49.4 Å². The molecular weight excluding hydrogens is 322 g/mol. The Morgan fingerprint density at radius 2 is 1.67 bits per heavy atom. The summed E-state index contributed by atoms with van der Waals surface area (Å²) in [4.78, 5) is 13.0. The summed E-state index contributed by atoms with van der Waals surface area (Å²) in [6.45, 7) is 9.70. The second kappa shape index (κ2) is 5.59. The lowest BCUT2D eigenvalue weighted by Gasteiger charge is -2.19. The van der Waals surface area contributed by atoms with Crippen molar-refractivity contribution in [3.8, 4) is 0 Å². The molecule has 0 saturated carbocycles. The Labute approximate surface area is 143 Å². The van der Waals surface area contributed by atoms with E-state index in [0.29, 0.717) is 11.4 Å². The Morgan fingerprint density at radius 1 is 1.08 bits per heavy atom. The van der Waals surface area contributed by atoms with E-state index in [4.69, 9.17) is 0 Å². The molecule has 1 aromatic heterocycles. The predicted molar refractivity (Wildman–Crippen MR) is 94.0 cm³/mol. The lowest BCUT2D eigenvalue weighted by Crippen LogP contribution is -2.21. The molecule has 1 aromatic carbocycles. The minimum absolute atomic E-state index is 0.0701. The van der Waals surface area contributed by atoms with Crippen LogP contribution in [-0.4, -0.2) is 18.2 Å². The van der Waals surface area contributed by atoms with Crippen LogP contribution in [0.2, 0.25) is 0 Å². The lowest BCUT2D eigenvalue weighted by molar-refractivity contribution is 0.0918. The maximum absolute atomic E-state index is 13.1. The summed E-state index contributed by atoms with van der Waals surface area (Å²) in [5, 5.41) is 0. The number of hydrogen-bond donors (Lipinski definition) is 0. The van der Waals surface area contributed by atoms with Gasteiger partial charge in [-0.1, -0.05) is 38.5 Å². The number of carbonyl (C=O) groups is 1. The number of aromatic nitrogens is 1. The quantitative estimate of drug-likeness (QED) is 0.847. The highest BCUT2D eigenvalue weighted by atomic mass is 32.2. The van der Waals surface area contributed by atoms with Crippen LogP contribution in [0.25, 0.3) is 0 Å². The van der Waals surface area contributed by atoms with Crippen molar-refractivity contribution in [3.05, 3.63) is 52.8 Å². The first-order valence-corrected chi connectivity index (χ1v) is 9.69. The van der Waals surface area contributed by atoms with Crippen molar-refractivity contribution in [1.29, 1.82) is 0 Å². The zero-order chi connectivity index (χ0) is 17.8.